The number of ether oxygens (including phenoxy) is 1. The molecule has 0 bridgehead atoms. The summed E-state index contributed by atoms with van der Waals surface area (Å²) < 4.78 is 5.07. The Bertz CT molecular complexity index is 320. The van der Waals surface area contributed by atoms with Crippen LogP contribution in [-0.2, 0) is 0 Å². The van der Waals surface area contributed by atoms with Crippen LogP contribution in [0.4, 0.5) is 5.82 Å². The van der Waals surface area contributed by atoms with E-state index in [0.717, 1.165) is 37.5 Å². The van der Waals surface area contributed by atoms with Crippen molar-refractivity contribution in [1.82, 2.24) is 9.97 Å². The molecule has 0 atom stereocenters. The van der Waals surface area contributed by atoms with Crippen molar-refractivity contribution in [1.29, 1.82) is 0 Å². The molecular formula is C11H18ClN3O. The fourth-order valence-electron chi connectivity index (χ4n) is 1.35. The summed E-state index contributed by atoms with van der Waals surface area (Å²) in [5, 5.41) is 3.24. The second-order valence-electron chi connectivity index (χ2n) is 3.52. The van der Waals surface area contributed by atoms with Gasteiger partial charge in [0, 0.05) is 18.5 Å². The number of methoxy groups -OCH3 is 1. The van der Waals surface area contributed by atoms with E-state index in [-0.39, 0.29) is 0 Å². The van der Waals surface area contributed by atoms with Crippen LogP contribution < -0.4 is 10.1 Å². The molecule has 1 N–H and O–H groups in total. The maximum Gasteiger partial charge on any atom is 0.218 e. The minimum Gasteiger partial charge on any atom is -0.481 e. The predicted octanol–water partition coefficient (Wildman–Crippen LogP) is 2.61. The smallest absolute Gasteiger partial charge is 0.218 e. The van der Waals surface area contributed by atoms with E-state index in [1.54, 1.807) is 13.2 Å². The van der Waals surface area contributed by atoms with Crippen LogP contribution >= 0.6 is 11.6 Å². The third-order valence-electron chi connectivity index (χ3n) is 2.14. The molecule has 1 aromatic rings. The van der Waals surface area contributed by atoms with Crippen LogP contribution in [0.5, 0.6) is 5.88 Å². The monoisotopic (exact) mass is 243 g/mol. The number of aromatic nitrogens is 2. The normalized spacial score (nSPS) is 10.2. The molecule has 0 unspecified atom stereocenters. The average molecular weight is 244 g/mol. The molecule has 0 amide bonds. The summed E-state index contributed by atoms with van der Waals surface area (Å²) in [5.41, 5.74) is 0. The molecule has 0 aliphatic rings. The lowest BCUT2D eigenvalue weighted by Crippen LogP contribution is -2.05. The first-order valence-corrected chi connectivity index (χ1v) is 5.99. The van der Waals surface area contributed by atoms with Gasteiger partial charge in [-0.05, 0) is 19.8 Å². The number of aryl methyl sites for hydroxylation is 1. The van der Waals surface area contributed by atoms with Gasteiger partial charge in [-0.25, -0.2) is 4.98 Å². The van der Waals surface area contributed by atoms with Crippen LogP contribution in [0.1, 0.15) is 25.1 Å². The molecule has 1 heterocycles. The van der Waals surface area contributed by atoms with Gasteiger partial charge in [0.15, 0.2) is 0 Å². The summed E-state index contributed by atoms with van der Waals surface area (Å²) >= 11 is 5.60. The largest absolute Gasteiger partial charge is 0.481 e. The molecular weight excluding hydrogens is 226 g/mol. The number of anilines is 1. The van der Waals surface area contributed by atoms with Gasteiger partial charge < -0.3 is 10.1 Å². The molecule has 1 aromatic heterocycles. The van der Waals surface area contributed by atoms with E-state index >= 15 is 0 Å². The van der Waals surface area contributed by atoms with Crippen LogP contribution in [0.25, 0.3) is 0 Å². The van der Waals surface area contributed by atoms with Crippen LogP contribution in [0.2, 0.25) is 0 Å². The van der Waals surface area contributed by atoms with Crippen LogP contribution in [-0.4, -0.2) is 29.5 Å². The molecule has 0 saturated carbocycles. The number of nitrogens with zero attached hydrogens (tertiary/aromatic N) is 2. The summed E-state index contributed by atoms with van der Waals surface area (Å²) in [6.07, 6.45) is 3.30. The van der Waals surface area contributed by atoms with Crippen molar-refractivity contribution in [2.24, 2.45) is 0 Å². The molecule has 0 radical (unpaired) electrons. The molecule has 1 rings (SSSR count). The number of hydrogen-bond acceptors (Lipinski definition) is 4. The summed E-state index contributed by atoms with van der Waals surface area (Å²) in [5.74, 6) is 2.86. The quantitative estimate of drug-likeness (QED) is 0.591. The number of halogens is 1. The van der Waals surface area contributed by atoms with Gasteiger partial charge in [-0.3, -0.25) is 0 Å². The standard InChI is InChI=1S/C11H18ClN3O/c1-9-14-10(8-11(15-9)16-2)13-7-5-3-4-6-12/h8H,3-7H2,1-2H3,(H,13,14,15). The van der Waals surface area contributed by atoms with E-state index in [1.807, 2.05) is 6.92 Å². The van der Waals surface area contributed by atoms with Crippen molar-refractivity contribution < 1.29 is 4.74 Å². The molecule has 4 nitrogen and oxygen atoms in total. The molecule has 5 heteroatoms. The Morgan fingerprint density at radius 2 is 2.12 bits per heavy atom. The maximum absolute atomic E-state index is 5.60. The van der Waals surface area contributed by atoms with Crippen molar-refractivity contribution in [3.8, 4) is 5.88 Å². The number of unbranched alkanes of at least 4 members (excludes halogenated alkanes) is 2. The van der Waals surface area contributed by atoms with Crippen molar-refractivity contribution >= 4 is 17.4 Å². The molecule has 0 aliphatic carbocycles. The lowest BCUT2D eigenvalue weighted by Gasteiger charge is -2.07. The fourth-order valence-corrected chi connectivity index (χ4v) is 1.54. The lowest BCUT2D eigenvalue weighted by atomic mass is 10.2. The summed E-state index contributed by atoms with van der Waals surface area (Å²) in [7, 11) is 1.60. The lowest BCUT2D eigenvalue weighted by molar-refractivity contribution is 0.396. The van der Waals surface area contributed by atoms with Gasteiger partial charge in [-0.1, -0.05) is 6.42 Å². The third kappa shape index (κ3) is 4.66. The van der Waals surface area contributed by atoms with E-state index in [4.69, 9.17) is 16.3 Å². The summed E-state index contributed by atoms with van der Waals surface area (Å²) in [6.45, 7) is 2.75. The molecule has 0 spiro atoms. The van der Waals surface area contributed by atoms with Crippen LogP contribution in [0.3, 0.4) is 0 Å². The minimum absolute atomic E-state index is 0.593. The van der Waals surface area contributed by atoms with Gasteiger partial charge >= 0.3 is 0 Å². The number of alkyl halides is 1. The van der Waals surface area contributed by atoms with Crippen molar-refractivity contribution in [2.45, 2.75) is 26.2 Å². The van der Waals surface area contributed by atoms with Gasteiger partial charge in [-0.2, -0.15) is 4.98 Å². The Kier molecular flexibility index (Phi) is 5.93. The molecule has 0 fully saturated rings. The Morgan fingerprint density at radius 3 is 2.81 bits per heavy atom. The zero-order valence-electron chi connectivity index (χ0n) is 9.79. The third-order valence-corrected chi connectivity index (χ3v) is 2.41. The van der Waals surface area contributed by atoms with E-state index < -0.39 is 0 Å². The summed E-state index contributed by atoms with van der Waals surface area (Å²) in [6, 6.07) is 1.80. The second kappa shape index (κ2) is 7.28. The van der Waals surface area contributed by atoms with Gasteiger partial charge in [0.1, 0.15) is 11.6 Å². The highest BCUT2D eigenvalue weighted by Crippen LogP contribution is 2.12. The van der Waals surface area contributed by atoms with Crippen LogP contribution in [0, 0.1) is 6.92 Å². The van der Waals surface area contributed by atoms with E-state index in [9.17, 15) is 0 Å². The molecule has 0 saturated heterocycles. The first-order valence-electron chi connectivity index (χ1n) is 5.45. The van der Waals surface area contributed by atoms with Crippen molar-refractivity contribution in [3.63, 3.8) is 0 Å². The zero-order chi connectivity index (χ0) is 11.8. The number of hydrogen-bond donors (Lipinski definition) is 1. The Labute approximate surface area is 101 Å². The van der Waals surface area contributed by atoms with Gasteiger partial charge in [0.05, 0.1) is 7.11 Å². The SMILES string of the molecule is COc1cc(NCCCCCCl)nc(C)n1. The van der Waals surface area contributed by atoms with Gasteiger partial charge in [0.2, 0.25) is 5.88 Å². The highest BCUT2D eigenvalue weighted by molar-refractivity contribution is 6.17. The van der Waals surface area contributed by atoms with E-state index in [1.165, 1.54) is 0 Å². The Morgan fingerprint density at radius 1 is 1.31 bits per heavy atom. The molecule has 16 heavy (non-hydrogen) atoms. The molecule has 90 valence electrons. The molecule has 0 aliphatic heterocycles. The Balaban J connectivity index is 2.38. The average Bonchev–Trinajstić information content (AvgIpc) is 2.28. The first kappa shape index (κ1) is 13.0. The first-order chi connectivity index (χ1) is 7.76. The van der Waals surface area contributed by atoms with Gasteiger partial charge in [0.25, 0.3) is 0 Å². The topological polar surface area (TPSA) is 47.0 Å². The second-order valence-corrected chi connectivity index (χ2v) is 3.90. The zero-order valence-corrected chi connectivity index (χ0v) is 10.5. The highest BCUT2D eigenvalue weighted by Gasteiger charge is 2.00. The fraction of sp³-hybridized carbons (Fsp3) is 0.636. The van der Waals surface area contributed by atoms with E-state index in [0.29, 0.717) is 11.7 Å². The molecule has 0 aromatic carbocycles. The van der Waals surface area contributed by atoms with Crippen molar-refractivity contribution in [3.05, 3.63) is 11.9 Å². The van der Waals surface area contributed by atoms with Crippen LogP contribution in [0.15, 0.2) is 6.07 Å². The summed E-state index contributed by atoms with van der Waals surface area (Å²) in [4.78, 5) is 8.39. The maximum atomic E-state index is 5.60. The highest BCUT2D eigenvalue weighted by atomic mass is 35.5. The van der Waals surface area contributed by atoms with Gasteiger partial charge in [-0.15, -0.1) is 11.6 Å². The number of nitrogens with one attached hydrogen (secondary N) is 1. The predicted molar refractivity (Wildman–Crippen MR) is 66.4 cm³/mol. The number of rotatable bonds is 7. The Hall–Kier alpha value is -1.03. The van der Waals surface area contributed by atoms with E-state index in [2.05, 4.69) is 15.3 Å². The van der Waals surface area contributed by atoms with Crippen molar-refractivity contribution in [2.75, 3.05) is 24.9 Å². The minimum atomic E-state index is 0.593.